The minimum absolute atomic E-state index is 0.196. The summed E-state index contributed by atoms with van der Waals surface area (Å²) in [5, 5.41) is 2.68. The molecule has 0 bridgehead atoms. The van der Waals surface area contributed by atoms with E-state index in [1.807, 2.05) is 13.0 Å². The molecule has 2 aliphatic rings. The van der Waals surface area contributed by atoms with Crippen LogP contribution in [0.3, 0.4) is 0 Å². The molecule has 10 nitrogen and oxygen atoms in total. The lowest BCUT2D eigenvalue weighted by molar-refractivity contribution is -0.114. The molecular weight excluding hydrogens is 444 g/mol. The van der Waals surface area contributed by atoms with Crippen LogP contribution < -0.4 is 15.1 Å². The van der Waals surface area contributed by atoms with Gasteiger partial charge < -0.3 is 19.9 Å². The highest BCUT2D eigenvalue weighted by Crippen LogP contribution is 2.26. The summed E-state index contributed by atoms with van der Waals surface area (Å²) in [7, 11) is -3.64. The Labute approximate surface area is 194 Å². The van der Waals surface area contributed by atoms with Gasteiger partial charge in [0.25, 0.3) is 0 Å². The van der Waals surface area contributed by atoms with Gasteiger partial charge in [-0.2, -0.15) is 9.29 Å². The van der Waals surface area contributed by atoms with E-state index in [1.165, 1.54) is 11.2 Å². The molecule has 2 aromatic rings. The van der Waals surface area contributed by atoms with E-state index in [2.05, 4.69) is 20.1 Å². The van der Waals surface area contributed by atoms with Crippen LogP contribution in [0.2, 0.25) is 0 Å². The summed E-state index contributed by atoms with van der Waals surface area (Å²) in [5.41, 5.74) is 2.07. The number of aromatic nitrogens is 2. The van der Waals surface area contributed by atoms with Crippen molar-refractivity contribution in [1.82, 2.24) is 14.3 Å². The highest BCUT2D eigenvalue weighted by atomic mass is 32.2. The molecule has 1 aromatic heterocycles. The molecule has 1 amide bonds. The number of sulfonamides is 1. The summed E-state index contributed by atoms with van der Waals surface area (Å²) < 4.78 is 33.5. The average molecular weight is 475 g/mol. The fraction of sp³-hybridized carbons (Fsp3) is 0.500. The Hall–Kier alpha value is -2.76. The van der Waals surface area contributed by atoms with Gasteiger partial charge >= 0.3 is 0 Å². The molecule has 178 valence electrons. The largest absolute Gasteiger partial charge is 0.378 e. The molecule has 2 aliphatic heterocycles. The Kier molecular flexibility index (Phi) is 6.82. The zero-order valence-electron chi connectivity index (χ0n) is 19.2. The zero-order chi connectivity index (χ0) is 23.6. The van der Waals surface area contributed by atoms with Gasteiger partial charge in [0.1, 0.15) is 5.82 Å². The van der Waals surface area contributed by atoms with Crippen LogP contribution in [0.25, 0.3) is 0 Å². The van der Waals surface area contributed by atoms with E-state index in [0.717, 1.165) is 24.6 Å². The van der Waals surface area contributed by atoms with Crippen LogP contribution >= 0.6 is 0 Å². The quantitative estimate of drug-likeness (QED) is 0.693. The van der Waals surface area contributed by atoms with Gasteiger partial charge in [-0.15, -0.1) is 0 Å². The van der Waals surface area contributed by atoms with E-state index in [9.17, 15) is 13.2 Å². The number of aryl methyl sites for hydroxylation is 2. The fourth-order valence-electron chi connectivity index (χ4n) is 4.12. The number of anilines is 3. The number of carbonyl (C=O) groups excluding carboxylic acids is 1. The number of nitrogens with one attached hydrogen (secondary N) is 1. The van der Waals surface area contributed by atoms with Crippen molar-refractivity contribution in [3.63, 3.8) is 0 Å². The lowest BCUT2D eigenvalue weighted by Crippen LogP contribution is -2.49. The van der Waals surface area contributed by atoms with Crippen molar-refractivity contribution in [3.05, 3.63) is 35.5 Å². The van der Waals surface area contributed by atoms with Crippen LogP contribution in [0.15, 0.2) is 29.2 Å². The second-order valence-electron chi connectivity index (χ2n) is 8.32. The van der Waals surface area contributed by atoms with Crippen molar-refractivity contribution < 1.29 is 17.9 Å². The van der Waals surface area contributed by atoms with Crippen LogP contribution in [0.1, 0.15) is 18.2 Å². The van der Waals surface area contributed by atoms with Crippen molar-refractivity contribution >= 4 is 33.4 Å². The second-order valence-corrected chi connectivity index (χ2v) is 10.2. The summed E-state index contributed by atoms with van der Waals surface area (Å²) in [6.07, 6.45) is 0. The van der Waals surface area contributed by atoms with Gasteiger partial charge in [0.2, 0.25) is 21.9 Å². The fourth-order valence-corrected chi connectivity index (χ4v) is 5.75. The number of carbonyl (C=O) groups is 1. The van der Waals surface area contributed by atoms with Crippen molar-refractivity contribution in [1.29, 1.82) is 0 Å². The minimum Gasteiger partial charge on any atom is -0.378 e. The molecule has 0 saturated carbocycles. The molecular formula is C22H30N6O4S. The molecule has 1 aromatic carbocycles. The van der Waals surface area contributed by atoms with Gasteiger partial charge in [0.05, 0.1) is 18.1 Å². The van der Waals surface area contributed by atoms with Crippen LogP contribution in [0, 0.1) is 13.8 Å². The molecule has 0 atom stereocenters. The summed E-state index contributed by atoms with van der Waals surface area (Å²) in [5.74, 6) is 1.31. The third kappa shape index (κ3) is 5.26. The number of hydrogen-bond donors (Lipinski definition) is 1. The van der Waals surface area contributed by atoms with Gasteiger partial charge in [0.15, 0.2) is 0 Å². The van der Waals surface area contributed by atoms with Gasteiger partial charge in [-0.1, -0.05) is 0 Å². The average Bonchev–Trinajstić information content (AvgIpc) is 2.79. The van der Waals surface area contributed by atoms with Crippen molar-refractivity contribution in [3.8, 4) is 0 Å². The standard InChI is InChI=1S/C22H30N6O4S/c1-16-14-19(24-18(3)29)4-5-20(16)33(30,31)28-8-6-26(7-9-28)21-15-17(2)23-22(25-21)27-10-12-32-13-11-27/h4-5,14-15H,6-13H2,1-3H3,(H,24,29). The van der Waals surface area contributed by atoms with Crippen molar-refractivity contribution in [2.45, 2.75) is 25.7 Å². The summed E-state index contributed by atoms with van der Waals surface area (Å²) in [6, 6.07) is 6.80. The number of nitrogens with zero attached hydrogens (tertiary/aromatic N) is 5. The molecule has 11 heteroatoms. The first kappa shape index (κ1) is 23.4. The van der Waals surface area contributed by atoms with E-state index in [-0.39, 0.29) is 10.8 Å². The van der Waals surface area contributed by atoms with E-state index in [4.69, 9.17) is 9.72 Å². The van der Waals surface area contributed by atoms with Gasteiger partial charge in [-0.3, -0.25) is 4.79 Å². The topological polar surface area (TPSA) is 108 Å². The summed E-state index contributed by atoms with van der Waals surface area (Å²) >= 11 is 0. The first-order chi connectivity index (χ1) is 15.7. The van der Waals surface area contributed by atoms with Crippen LogP contribution in [-0.2, 0) is 19.6 Å². The van der Waals surface area contributed by atoms with E-state index in [0.29, 0.717) is 56.6 Å². The Balaban J connectivity index is 1.46. The predicted octanol–water partition coefficient (Wildman–Crippen LogP) is 1.40. The second kappa shape index (κ2) is 9.62. The van der Waals surface area contributed by atoms with E-state index >= 15 is 0 Å². The Bertz CT molecular complexity index is 1130. The Morgan fingerprint density at radius 2 is 1.67 bits per heavy atom. The number of morpholine rings is 1. The van der Waals surface area contributed by atoms with E-state index < -0.39 is 10.0 Å². The van der Waals surface area contributed by atoms with Crippen molar-refractivity contribution in [2.24, 2.45) is 0 Å². The monoisotopic (exact) mass is 474 g/mol. The SMILES string of the molecule is CC(=O)Nc1ccc(S(=O)(=O)N2CCN(c3cc(C)nc(N4CCOCC4)n3)CC2)c(C)c1. The molecule has 4 rings (SSSR count). The Morgan fingerprint density at radius 3 is 2.30 bits per heavy atom. The van der Waals surface area contributed by atoms with Gasteiger partial charge in [-0.05, 0) is 37.6 Å². The highest BCUT2D eigenvalue weighted by molar-refractivity contribution is 7.89. The van der Waals surface area contributed by atoms with Crippen molar-refractivity contribution in [2.75, 3.05) is 67.6 Å². The van der Waals surface area contributed by atoms with E-state index in [1.54, 1.807) is 25.1 Å². The van der Waals surface area contributed by atoms with Crippen LogP contribution in [0.4, 0.5) is 17.5 Å². The Morgan fingerprint density at radius 1 is 0.970 bits per heavy atom. The smallest absolute Gasteiger partial charge is 0.243 e. The molecule has 2 fully saturated rings. The maximum Gasteiger partial charge on any atom is 0.243 e. The summed E-state index contributed by atoms with van der Waals surface area (Å²) in [4.78, 5) is 25.1. The molecule has 3 heterocycles. The molecule has 0 spiro atoms. The summed E-state index contributed by atoms with van der Waals surface area (Å²) in [6.45, 7) is 9.77. The number of ether oxygens (including phenoxy) is 1. The molecule has 33 heavy (non-hydrogen) atoms. The molecule has 1 N–H and O–H groups in total. The molecule has 0 aliphatic carbocycles. The number of hydrogen-bond acceptors (Lipinski definition) is 8. The first-order valence-corrected chi connectivity index (χ1v) is 12.5. The lowest BCUT2D eigenvalue weighted by Gasteiger charge is -2.35. The molecule has 0 unspecified atom stereocenters. The highest BCUT2D eigenvalue weighted by Gasteiger charge is 2.30. The minimum atomic E-state index is -3.64. The number of rotatable bonds is 5. The third-order valence-electron chi connectivity index (χ3n) is 5.80. The lowest BCUT2D eigenvalue weighted by atomic mass is 10.2. The number of benzene rings is 1. The number of piperazine rings is 1. The predicted molar refractivity (Wildman–Crippen MR) is 126 cm³/mol. The molecule has 0 radical (unpaired) electrons. The maximum atomic E-state index is 13.3. The van der Waals surface area contributed by atoms with Gasteiger partial charge in [0, 0.05) is 63.6 Å². The zero-order valence-corrected chi connectivity index (χ0v) is 20.1. The maximum absolute atomic E-state index is 13.3. The number of amides is 1. The van der Waals surface area contributed by atoms with Gasteiger partial charge in [-0.25, -0.2) is 13.4 Å². The molecule has 2 saturated heterocycles. The third-order valence-corrected chi connectivity index (χ3v) is 7.86. The van der Waals surface area contributed by atoms with Crippen LogP contribution in [-0.4, -0.2) is 81.1 Å². The van der Waals surface area contributed by atoms with Crippen LogP contribution in [0.5, 0.6) is 0 Å². The normalized spacial score (nSPS) is 17.8. The first-order valence-electron chi connectivity index (χ1n) is 11.1.